The molecule has 2 atom stereocenters. The van der Waals surface area contributed by atoms with E-state index >= 15 is 0 Å². The number of hydrogen-bond acceptors (Lipinski definition) is 3. The Hall–Kier alpha value is -1.62. The van der Waals surface area contributed by atoms with E-state index in [0.29, 0.717) is 19.0 Å². The van der Waals surface area contributed by atoms with Gasteiger partial charge >= 0.3 is 0 Å². The van der Waals surface area contributed by atoms with Crippen molar-refractivity contribution in [2.75, 3.05) is 13.1 Å². The van der Waals surface area contributed by atoms with E-state index < -0.39 is 0 Å². The summed E-state index contributed by atoms with van der Waals surface area (Å²) in [6.07, 6.45) is 4.00. The number of carbonyl (C=O) groups is 1. The fraction of sp³-hybridized carbons (Fsp3) is 0.714. The van der Waals surface area contributed by atoms with Gasteiger partial charge in [0.1, 0.15) is 5.56 Å². The number of amides is 1. The van der Waals surface area contributed by atoms with Crippen LogP contribution in [0.25, 0.3) is 0 Å². The van der Waals surface area contributed by atoms with Crippen LogP contribution in [-0.2, 0) is 18.2 Å². The third kappa shape index (κ3) is 4.37. The van der Waals surface area contributed by atoms with Crippen molar-refractivity contribution in [3.8, 4) is 0 Å². The molecule has 1 aromatic rings. The van der Waals surface area contributed by atoms with Gasteiger partial charge in [0.25, 0.3) is 11.5 Å². The van der Waals surface area contributed by atoms with Crippen molar-refractivity contribution >= 4 is 5.91 Å². The quantitative estimate of drug-likeness (QED) is 0.780. The van der Waals surface area contributed by atoms with Crippen molar-refractivity contribution in [2.24, 2.45) is 13.0 Å². The van der Waals surface area contributed by atoms with Crippen molar-refractivity contribution in [2.45, 2.75) is 72.5 Å². The predicted octanol–water partition coefficient (Wildman–Crippen LogP) is 3.31. The Morgan fingerprint density at radius 2 is 2.00 bits per heavy atom. The van der Waals surface area contributed by atoms with Crippen molar-refractivity contribution in [3.63, 3.8) is 0 Å². The van der Waals surface area contributed by atoms with Crippen LogP contribution in [0.5, 0.6) is 0 Å². The molecule has 1 aliphatic heterocycles. The predicted molar refractivity (Wildman–Crippen MR) is 105 cm³/mol. The van der Waals surface area contributed by atoms with Crippen LogP contribution < -0.4 is 5.56 Å². The van der Waals surface area contributed by atoms with Gasteiger partial charge in [-0.3, -0.25) is 9.59 Å². The van der Waals surface area contributed by atoms with Gasteiger partial charge in [-0.25, -0.2) is 0 Å². The number of carbonyl (C=O) groups excluding carboxylic acids is 1. The van der Waals surface area contributed by atoms with E-state index in [1.165, 1.54) is 0 Å². The summed E-state index contributed by atoms with van der Waals surface area (Å²) in [5.41, 5.74) is 2.06. The lowest BCUT2D eigenvalue weighted by atomic mass is 10.0. The third-order valence-corrected chi connectivity index (χ3v) is 5.42. The average molecular weight is 363 g/mol. The van der Waals surface area contributed by atoms with Gasteiger partial charge in [0.05, 0.1) is 12.2 Å². The highest BCUT2D eigenvalue weighted by molar-refractivity contribution is 5.94. The zero-order valence-corrected chi connectivity index (χ0v) is 17.2. The molecule has 2 heterocycles. The van der Waals surface area contributed by atoms with Gasteiger partial charge in [-0.05, 0) is 37.3 Å². The lowest BCUT2D eigenvalue weighted by Gasteiger charge is -2.40. The standard InChI is InChI=1S/C21H34N2O3/c1-7-9-10-16-12-23(13-19(26-16)14(3)4)21(25)17-11-15(5)18(8-2)22(6)20(17)24/h11,14,16,19H,7-10,12-13H2,1-6H3/t16-,19-/m1/s1. The summed E-state index contributed by atoms with van der Waals surface area (Å²) in [7, 11) is 1.76. The second kappa shape index (κ2) is 8.85. The van der Waals surface area contributed by atoms with Gasteiger partial charge in [0.2, 0.25) is 0 Å². The van der Waals surface area contributed by atoms with Crippen LogP contribution in [-0.4, -0.2) is 40.7 Å². The number of morpholine rings is 1. The third-order valence-electron chi connectivity index (χ3n) is 5.42. The summed E-state index contributed by atoms with van der Waals surface area (Å²) in [6, 6.07) is 1.77. The molecule has 0 aliphatic carbocycles. The highest BCUT2D eigenvalue weighted by Crippen LogP contribution is 2.22. The molecule has 1 saturated heterocycles. The van der Waals surface area contributed by atoms with E-state index in [-0.39, 0.29) is 29.2 Å². The lowest BCUT2D eigenvalue weighted by Crippen LogP contribution is -2.52. The number of nitrogens with zero attached hydrogens (tertiary/aromatic N) is 2. The van der Waals surface area contributed by atoms with Gasteiger partial charge in [0, 0.05) is 25.8 Å². The van der Waals surface area contributed by atoms with Crippen LogP contribution in [0.2, 0.25) is 0 Å². The molecular weight excluding hydrogens is 328 g/mol. The minimum absolute atomic E-state index is 0.0226. The molecule has 0 radical (unpaired) electrons. The molecule has 1 aromatic heterocycles. The topological polar surface area (TPSA) is 51.5 Å². The number of aryl methyl sites for hydroxylation is 1. The van der Waals surface area contributed by atoms with E-state index in [9.17, 15) is 9.59 Å². The minimum atomic E-state index is -0.199. The van der Waals surface area contributed by atoms with Crippen molar-refractivity contribution in [3.05, 3.63) is 33.2 Å². The molecule has 0 unspecified atom stereocenters. The maximum absolute atomic E-state index is 13.2. The highest BCUT2D eigenvalue weighted by Gasteiger charge is 2.33. The molecule has 146 valence electrons. The molecule has 2 rings (SSSR count). The summed E-state index contributed by atoms with van der Waals surface area (Å²) in [5.74, 6) is 0.175. The largest absolute Gasteiger partial charge is 0.371 e. The normalized spacial score (nSPS) is 20.7. The van der Waals surface area contributed by atoms with Gasteiger partial charge < -0.3 is 14.2 Å². The molecule has 0 bridgehead atoms. The van der Waals surface area contributed by atoms with Crippen LogP contribution in [0.3, 0.4) is 0 Å². The second-order valence-electron chi connectivity index (χ2n) is 7.80. The minimum Gasteiger partial charge on any atom is -0.371 e. The molecule has 5 heteroatoms. The van der Waals surface area contributed by atoms with Crippen LogP contribution >= 0.6 is 0 Å². The Morgan fingerprint density at radius 3 is 2.58 bits per heavy atom. The van der Waals surface area contributed by atoms with E-state index in [1.807, 2.05) is 18.7 Å². The summed E-state index contributed by atoms with van der Waals surface area (Å²) in [6.45, 7) is 11.5. The number of rotatable bonds is 6. The van der Waals surface area contributed by atoms with E-state index in [2.05, 4.69) is 20.8 Å². The van der Waals surface area contributed by atoms with E-state index in [4.69, 9.17) is 4.74 Å². The molecule has 26 heavy (non-hydrogen) atoms. The molecule has 5 nitrogen and oxygen atoms in total. The second-order valence-corrected chi connectivity index (χ2v) is 7.80. The first-order valence-electron chi connectivity index (χ1n) is 9.94. The van der Waals surface area contributed by atoms with Crippen molar-refractivity contribution in [1.82, 2.24) is 9.47 Å². The average Bonchev–Trinajstić information content (AvgIpc) is 2.62. The van der Waals surface area contributed by atoms with Gasteiger partial charge in [-0.15, -0.1) is 0 Å². The molecule has 1 aliphatic rings. The number of ether oxygens (including phenoxy) is 1. The fourth-order valence-electron chi connectivity index (χ4n) is 3.76. The Bertz CT molecular complexity index is 693. The molecule has 1 amide bonds. The molecule has 0 aromatic carbocycles. The van der Waals surface area contributed by atoms with Crippen molar-refractivity contribution < 1.29 is 9.53 Å². The summed E-state index contributed by atoms with van der Waals surface area (Å²) in [5, 5.41) is 0. The highest BCUT2D eigenvalue weighted by atomic mass is 16.5. The SMILES string of the molecule is CCCC[C@@H]1CN(C(=O)c2cc(C)c(CC)n(C)c2=O)C[C@H](C(C)C)O1. The fourth-order valence-corrected chi connectivity index (χ4v) is 3.76. The maximum atomic E-state index is 13.2. The molecule has 0 N–H and O–H groups in total. The van der Waals surface area contributed by atoms with Crippen LogP contribution in [0.1, 0.15) is 68.6 Å². The zero-order valence-electron chi connectivity index (χ0n) is 17.2. The Balaban J connectivity index is 2.31. The Morgan fingerprint density at radius 1 is 1.31 bits per heavy atom. The molecule has 0 spiro atoms. The Kier molecular flexibility index (Phi) is 7.04. The van der Waals surface area contributed by atoms with Crippen LogP contribution in [0, 0.1) is 12.8 Å². The van der Waals surface area contributed by atoms with E-state index in [1.54, 1.807) is 17.7 Å². The zero-order chi connectivity index (χ0) is 19.4. The van der Waals surface area contributed by atoms with Crippen LogP contribution in [0.15, 0.2) is 10.9 Å². The first kappa shape index (κ1) is 20.7. The monoisotopic (exact) mass is 362 g/mol. The Labute approximate surface area is 157 Å². The summed E-state index contributed by atoms with van der Waals surface area (Å²) < 4.78 is 7.83. The first-order chi connectivity index (χ1) is 12.3. The first-order valence-corrected chi connectivity index (χ1v) is 9.94. The smallest absolute Gasteiger partial charge is 0.263 e. The van der Waals surface area contributed by atoms with Crippen molar-refractivity contribution in [1.29, 1.82) is 0 Å². The number of hydrogen-bond donors (Lipinski definition) is 0. The van der Waals surface area contributed by atoms with Gasteiger partial charge in [-0.2, -0.15) is 0 Å². The number of pyridine rings is 1. The molecular formula is C21H34N2O3. The summed E-state index contributed by atoms with van der Waals surface area (Å²) >= 11 is 0. The summed E-state index contributed by atoms with van der Waals surface area (Å²) in [4.78, 5) is 27.7. The van der Waals surface area contributed by atoms with E-state index in [0.717, 1.165) is 36.9 Å². The lowest BCUT2D eigenvalue weighted by molar-refractivity contribution is -0.0963. The molecule has 0 saturated carbocycles. The van der Waals surface area contributed by atoms with Gasteiger partial charge in [0.15, 0.2) is 0 Å². The van der Waals surface area contributed by atoms with Crippen LogP contribution in [0.4, 0.5) is 0 Å². The molecule has 1 fully saturated rings. The van der Waals surface area contributed by atoms with Gasteiger partial charge in [-0.1, -0.05) is 40.5 Å². The number of unbranched alkanes of at least 4 members (excludes halogenated alkanes) is 1. The number of aromatic nitrogens is 1. The maximum Gasteiger partial charge on any atom is 0.263 e.